The molecule has 3 aromatic rings. The summed E-state index contributed by atoms with van der Waals surface area (Å²) >= 11 is 0. The Hall–Kier alpha value is -3.32. The van der Waals surface area contributed by atoms with Crippen molar-refractivity contribution in [3.05, 3.63) is 70.4 Å². The highest BCUT2D eigenvalue weighted by atomic mass is 16.1. The Bertz CT molecular complexity index is 1080. The van der Waals surface area contributed by atoms with E-state index in [0.717, 1.165) is 39.0 Å². The molecule has 0 fully saturated rings. The van der Waals surface area contributed by atoms with E-state index in [1.165, 1.54) is 0 Å². The highest BCUT2D eigenvalue weighted by Gasteiger charge is 2.15. The molecule has 0 saturated carbocycles. The third-order valence-corrected chi connectivity index (χ3v) is 4.73. The van der Waals surface area contributed by atoms with Crippen molar-refractivity contribution in [1.82, 2.24) is 4.57 Å². The van der Waals surface area contributed by atoms with Crippen molar-refractivity contribution in [2.75, 3.05) is 5.32 Å². The van der Waals surface area contributed by atoms with Crippen molar-refractivity contribution < 1.29 is 4.79 Å². The number of para-hydroxylation sites is 1. The number of benzene rings is 2. The Balaban J connectivity index is 2.00. The summed E-state index contributed by atoms with van der Waals surface area (Å²) in [5.74, 6) is -0.396. The molecule has 0 saturated heterocycles. The molecule has 1 amide bonds. The summed E-state index contributed by atoms with van der Waals surface area (Å²) in [5, 5.41) is 13.4. The van der Waals surface area contributed by atoms with E-state index < -0.39 is 5.91 Å². The fourth-order valence-electron chi connectivity index (χ4n) is 3.17. The predicted octanol–water partition coefficient (Wildman–Crippen LogP) is 4.65. The third-order valence-electron chi connectivity index (χ3n) is 4.73. The Morgan fingerprint density at radius 3 is 2.58 bits per heavy atom. The molecule has 0 aliphatic rings. The van der Waals surface area contributed by atoms with Crippen LogP contribution in [0.25, 0.3) is 17.0 Å². The summed E-state index contributed by atoms with van der Waals surface area (Å²) in [6, 6.07) is 15.8. The SMILES string of the molecule is Cc1ccc(NC(=O)/C(C#N)=C/c2c(C)n(C)c3ccccc23)c(C)c1. The number of aryl methyl sites for hydroxylation is 3. The topological polar surface area (TPSA) is 57.8 Å². The number of aromatic nitrogens is 1. The highest BCUT2D eigenvalue weighted by Crippen LogP contribution is 2.27. The van der Waals surface area contributed by atoms with E-state index in [0.29, 0.717) is 0 Å². The molecule has 2 aromatic carbocycles. The number of nitrogens with one attached hydrogen (secondary N) is 1. The van der Waals surface area contributed by atoms with E-state index in [2.05, 4.69) is 9.88 Å². The number of hydrogen-bond donors (Lipinski definition) is 1. The van der Waals surface area contributed by atoms with Crippen molar-refractivity contribution in [2.45, 2.75) is 20.8 Å². The second-order valence-corrected chi connectivity index (χ2v) is 6.52. The summed E-state index contributed by atoms with van der Waals surface area (Å²) in [5.41, 5.74) is 5.89. The molecule has 0 aliphatic carbocycles. The second-order valence-electron chi connectivity index (χ2n) is 6.52. The highest BCUT2D eigenvalue weighted by molar-refractivity contribution is 6.11. The van der Waals surface area contributed by atoms with Crippen LogP contribution in [0.3, 0.4) is 0 Å². The van der Waals surface area contributed by atoms with Gasteiger partial charge in [0.1, 0.15) is 11.6 Å². The van der Waals surface area contributed by atoms with Gasteiger partial charge < -0.3 is 9.88 Å². The van der Waals surface area contributed by atoms with Crippen molar-refractivity contribution in [1.29, 1.82) is 5.26 Å². The first kappa shape index (κ1) is 17.5. The van der Waals surface area contributed by atoms with Crippen LogP contribution in [0.5, 0.6) is 0 Å². The molecule has 3 rings (SSSR count). The number of nitrogens with zero attached hydrogens (tertiary/aromatic N) is 2. The Labute approximate surface area is 153 Å². The van der Waals surface area contributed by atoms with Gasteiger partial charge in [0, 0.05) is 34.9 Å². The lowest BCUT2D eigenvalue weighted by molar-refractivity contribution is -0.112. The zero-order valence-corrected chi connectivity index (χ0v) is 15.4. The normalized spacial score (nSPS) is 11.4. The first-order valence-electron chi connectivity index (χ1n) is 8.46. The summed E-state index contributed by atoms with van der Waals surface area (Å²) in [7, 11) is 1.98. The molecule has 26 heavy (non-hydrogen) atoms. The fraction of sp³-hybridized carbons (Fsp3) is 0.182. The van der Waals surface area contributed by atoms with Gasteiger partial charge in [-0.05, 0) is 44.5 Å². The van der Waals surface area contributed by atoms with Crippen LogP contribution in [-0.2, 0) is 11.8 Å². The molecule has 4 nitrogen and oxygen atoms in total. The maximum absolute atomic E-state index is 12.6. The van der Waals surface area contributed by atoms with Gasteiger partial charge in [0.05, 0.1) is 0 Å². The maximum Gasteiger partial charge on any atom is 0.266 e. The molecular formula is C22H21N3O. The smallest absolute Gasteiger partial charge is 0.266 e. The first-order chi connectivity index (χ1) is 12.4. The van der Waals surface area contributed by atoms with Gasteiger partial charge in [-0.25, -0.2) is 0 Å². The standard InChI is InChI=1S/C22H21N3O/c1-14-9-10-20(15(2)11-14)24-22(26)17(13-23)12-19-16(3)25(4)21-8-6-5-7-18(19)21/h5-12H,1-4H3,(H,24,26)/b17-12+. The monoisotopic (exact) mass is 343 g/mol. The number of amides is 1. The molecule has 0 aliphatic heterocycles. The molecule has 1 aromatic heterocycles. The molecule has 1 N–H and O–H groups in total. The number of anilines is 1. The summed E-state index contributed by atoms with van der Waals surface area (Å²) < 4.78 is 2.07. The average Bonchev–Trinajstić information content (AvgIpc) is 2.86. The van der Waals surface area contributed by atoms with Crippen molar-refractivity contribution in [2.24, 2.45) is 7.05 Å². The van der Waals surface area contributed by atoms with Gasteiger partial charge in [-0.3, -0.25) is 4.79 Å². The van der Waals surface area contributed by atoms with E-state index in [4.69, 9.17) is 0 Å². The van der Waals surface area contributed by atoms with Gasteiger partial charge in [-0.1, -0.05) is 35.9 Å². The molecule has 0 spiro atoms. The number of fused-ring (bicyclic) bond motifs is 1. The van der Waals surface area contributed by atoms with Crippen LogP contribution < -0.4 is 5.32 Å². The molecule has 0 atom stereocenters. The molecule has 0 radical (unpaired) electrons. The van der Waals surface area contributed by atoms with E-state index >= 15 is 0 Å². The fourth-order valence-corrected chi connectivity index (χ4v) is 3.17. The van der Waals surface area contributed by atoms with Crippen molar-refractivity contribution in [3.63, 3.8) is 0 Å². The molecular weight excluding hydrogens is 322 g/mol. The van der Waals surface area contributed by atoms with E-state index in [1.54, 1.807) is 6.08 Å². The lowest BCUT2D eigenvalue weighted by Gasteiger charge is -2.08. The minimum absolute atomic E-state index is 0.0874. The predicted molar refractivity (Wildman–Crippen MR) is 106 cm³/mol. The summed E-state index contributed by atoms with van der Waals surface area (Å²) in [4.78, 5) is 12.6. The Morgan fingerprint density at radius 2 is 1.88 bits per heavy atom. The zero-order chi connectivity index (χ0) is 18.8. The number of carbonyl (C=O) groups excluding carboxylic acids is 1. The summed E-state index contributed by atoms with van der Waals surface area (Å²) in [6.45, 7) is 5.93. The van der Waals surface area contributed by atoms with Crippen LogP contribution in [0.4, 0.5) is 5.69 Å². The van der Waals surface area contributed by atoms with Gasteiger partial charge in [0.25, 0.3) is 5.91 Å². The van der Waals surface area contributed by atoms with Gasteiger partial charge in [-0.15, -0.1) is 0 Å². The van der Waals surface area contributed by atoms with Gasteiger partial charge in [0.15, 0.2) is 0 Å². The van der Waals surface area contributed by atoms with E-state index in [9.17, 15) is 10.1 Å². The zero-order valence-electron chi connectivity index (χ0n) is 15.4. The first-order valence-corrected chi connectivity index (χ1v) is 8.46. The van der Waals surface area contributed by atoms with Crippen LogP contribution >= 0.6 is 0 Å². The van der Waals surface area contributed by atoms with E-state index in [-0.39, 0.29) is 5.57 Å². The van der Waals surface area contributed by atoms with Gasteiger partial charge in [-0.2, -0.15) is 5.26 Å². The molecule has 0 unspecified atom stereocenters. The largest absolute Gasteiger partial charge is 0.347 e. The molecule has 0 bridgehead atoms. The molecule has 1 heterocycles. The lowest BCUT2D eigenvalue weighted by Crippen LogP contribution is -2.14. The Morgan fingerprint density at radius 1 is 1.15 bits per heavy atom. The van der Waals surface area contributed by atoms with E-state index in [1.807, 2.05) is 76.4 Å². The number of hydrogen-bond acceptors (Lipinski definition) is 2. The van der Waals surface area contributed by atoms with Gasteiger partial charge >= 0.3 is 0 Å². The van der Waals surface area contributed by atoms with Crippen LogP contribution in [0.15, 0.2) is 48.0 Å². The number of nitriles is 1. The Kier molecular flexibility index (Phi) is 4.64. The second kappa shape index (κ2) is 6.89. The summed E-state index contributed by atoms with van der Waals surface area (Å²) in [6.07, 6.45) is 1.68. The molecule has 4 heteroatoms. The van der Waals surface area contributed by atoms with Crippen molar-refractivity contribution >= 4 is 28.6 Å². The van der Waals surface area contributed by atoms with Gasteiger partial charge in [0.2, 0.25) is 0 Å². The maximum atomic E-state index is 12.6. The minimum atomic E-state index is -0.396. The van der Waals surface area contributed by atoms with Crippen LogP contribution in [0.1, 0.15) is 22.4 Å². The van der Waals surface area contributed by atoms with Crippen LogP contribution in [0.2, 0.25) is 0 Å². The third kappa shape index (κ3) is 3.12. The number of rotatable bonds is 3. The van der Waals surface area contributed by atoms with Crippen molar-refractivity contribution in [3.8, 4) is 6.07 Å². The number of carbonyl (C=O) groups is 1. The quantitative estimate of drug-likeness (QED) is 0.556. The minimum Gasteiger partial charge on any atom is -0.347 e. The lowest BCUT2D eigenvalue weighted by atomic mass is 10.1. The van der Waals surface area contributed by atoms with Crippen LogP contribution in [-0.4, -0.2) is 10.5 Å². The average molecular weight is 343 g/mol. The van der Waals surface area contributed by atoms with Crippen LogP contribution in [0, 0.1) is 32.1 Å². The molecule has 130 valence electrons.